The second-order valence-electron chi connectivity index (χ2n) is 5.58. The Morgan fingerprint density at radius 1 is 1.45 bits per heavy atom. The van der Waals surface area contributed by atoms with Crippen molar-refractivity contribution >= 4 is 9.84 Å². The summed E-state index contributed by atoms with van der Waals surface area (Å²) in [6.45, 7) is 2.13. The number of nitrogens with two attached hydrogens (primary N) is 1. The first kappa shape index (κ1) is 15.4. The summed E-state index contributed by atoms with van der Waals surface area (Å²) >= 11 is 0. The van der Waals surface area contributed by atoms with Crippen LogP contribution < -0.4 is 5.73 Å². The minimum atomic E-state index is -3.05. The first-order valence-corrected chi connectivity index (χ1v) is 8.51. The third-order valence-electron chi connectivity index (χ3n) is 4.43. The fourth-order valence-electron chi connectivity index (χ4n) is 2.92. The third kappa shape index (κ3) is 2.73. The molecule has 1 fully saturated rings. The molecule has 0 aromatic heterocycles. The smallest absolute Gasteiger partial charge is 0.152 e. The molecule has 0 amide bonds. The zero-order valence-corrected chi connectivity index (χ0v) is 12.7. The molecule has 1 aliphatic heterocycles. The van der Waals surface area contributed by atoms with Crippen molar-refractivity contribution in [1.29, 1.82) is 0 Å². The molecule has 1 saturated heterocycles. The monoisotopic (exact) mass is 300 g/mol. The standard InChI is InChI=1S/C14H21FN2O2S/c1-11(12-5-3-4-6-13(12)15)17(2)14(9-16)7-8-20(18,19)10-14/h3-6,11H,7-10,16H2,1-2H3. The normalized spacial score (nSPS) is 26.9. The summed E-state index contributed by atoms with van der Waals surface area (Å²) in [5, 5.41) is 0. The molecule has 0 spiro atoms. The highest BCUT2D eigenvalue weighted by molar-refractivity contribution is 7.91. The van der Waals surface area contributed by atoms with E-state index in [-0.39, 0.29) is 29.9 Å². The van der Waals surface area contributed by atoms with E-state index in [4.69, 9.17) is 5.73 Å². The summed E-state index contributed by atoms with van der Waals surface area (Å²) in [7, 11) is -1.23. The maximum atomic E-state index is 13.9. The fourth-order valence-corrected chi connectivity index (χ4v) is 5.04. The first-order valence-electron chi connectivity index (χ1n) is 6.69. The van der Waals surface area contributed by atoms with Crippen LogP contribution in [0.2, 0.25) is 0 Å². The van der Waals surface area contributed by atoms with Gasteiger partial charge in [0.1, 0.15) is 5.82 Å². The molecule has 2 rings (SSSR count). The number of sulfone groups is 1. The number of benzene rings is 1. The molecule has 0 radical (unpaired) electrons. The highest BCUT2D eigenvalue weighted by atomic mass is 32.2. The summed E-state index contributed by atoms with van der Waals surface area (Å²) in [6, 6.07) is 6.34. The minimum absolute atomic E-state index is 0.0474. The van der Waals surface area contributed by atoms with Crippen LogP contribution in [0.1, 0.15) is 24.9 Å². The Hall–Kier alpha value is -0.980. The Morgan fingerprint density at radius 2 is 2.10 bits per heavy atom. The summed E-state index contributed by atoms with van der Waals surface area (Å²) < 4.78 is 37.5. The number of likely N-dealkylation sites (N-methyl/N-ethyl adjacent to an activating group) is 1. The van der Waals surface area contributed by atoms with E-state index in [1.165, 1.54) is 6.07 Å². The number of hydrogen-bond donors (Lipinski definition) is 1. The van der Waals surface area contributed by atoms with Gasteiger partial charge in [0, 0.05) is 23.7 Å². The van der Waals surface area contributed by atoms with E-state index in [2.05, 4.69) is 0 Å². The maximum Gasteiger partial charge on any atom is 0.152 e. The van der Waals surface area contributed by atoms with Crippen molar-refractivity contribution in [3.8, 4) is 0 Å². The van der Waals surface area contributed by atoms with E-state index < -0.39 is 15.4 Å². The molecule has 112 valence electrons. The molecule has 2 unspecified atom stereocenters. The summed E-state index contributed by atoms with van der Waals surface area (Å²) in [5.41, 5.74) is 5.81. The van der Waals surface area contributed by atoms with Crippen LogP contribution >= 0.6 is 0 Å². The van der Waals surface area contributed by atoms with Crippen molar-refractivity contribution < 1.29 is 12.8 Å². The van der Waals surface area contributed by atoms with Gasteiger partial charge in [0.25, 0.3) is 0 Å². The lowest BCUT2D eigenvalue weighted by molar-refractivity contribution is 0.104. The second-order valence-corrected chi connectivity index (χ2v) is 7.76. The van der Waals surface area contributed by atoms with E-state index in [1.807, 2.05) is 18.9 Å². The molecule has 0 aliphatic carbocycles. The average molecular weight is 300 g/mol. The average Bonchev–Trinajstić information content (AvgIpc) is 2.74. The van der Waals surface area contributed by atoms with Crippen LogP contribution in [-0.2, 0) is 9.84 Å². The van der Waals surface area contributed by atoms with E-state index in [0.717, 1.165) is 0 Å². The predicted octanol–water partition coefficient (Wildman–Crippen LogP) is 1.33. The number of nitrogens with zero attached hydrogens (tertiary/aromatic N) is 1. The number of halogens is 1. The quantitative estimate of drug-likeness (QED) is 0.911. The van der Waals surface area contributed by atoms with Gasteiger partial charge in [0.05, 0.1) is 11.5 Å². The molecule has 2 atom stereocenters. The fraction of sp³-hybridized carbons (Fsp3) is 0.571. The lowest BCUT2D eigenvalue weighted by atomic mass is 9.93. The van der Waals surface area contributed by atoms with Gasteiger partial charge in [-0.25, -0.2) is 12.8 Å². The van der Waals surface area contributed by atoms with E-state index in [0.29, 0.717) is 12.0 Å². The molecule has 1 aliphatic rings. The van der Waals surface area contributed by atoms with Gasteiger partial charge in [0.2, 0.25) is 0 Å². The van der Waals surface area contributed by atoms with Crippen molar-refractivity contribution in [1.82, 2.24) is 4.90 Å². The summed E-state index contributed by atoms with van der Waals surface area (Å²) in [6.07, 6.45) is 0.501. The van der Waals surface area contributed by atoms with Crippen LogP contribution in [-0.4, -0.2) is 44.0 Å². The molecule has 1 aromatic carbocycles. The molecule has 1 heterocycles. The Bertz CT molecular complexity index is 591. The molecule has 1 aromatic rings. The highest BCUT2D eigenvalue weighted by Gasteiger charge is 2.45. The van der Waals surface area contributed by atoms with Gasteiger partial charge in [0.15, 0.2) is 9.84 Å². The van der Waals surface area contributed by atoms with E-state index in [9.17, 15) is 12.8 Å². The number of rotatable bonds is 4. The maximum absolute atomic E-state index is 13.9. The van der Waals surface area contributed by atoms with Crippen LogP contribution in [0.15, 0.2) is 24.3 Å². The molecule has 6 heteroatoms. The predicted molar refractivity (Wildman–Crippen MR) is 77.6 cm³/mol. The summed E-state index contributed by atoms with van der Waals surface area (Å²) in [4.78, 5) is 1.91. The minimum Gasteiger partial charge on any atom is -0.329 e. The molecule has 4 nitrogen and oxygen atoms in total. The topological polar surface area (TPSA) is 63.4 Å². The molecule has 0 saturated carbocycles. The van der Waals surface area contributed by atoms with Gasteiger partial charge in [-0.15, -0.1) is 0 Å². The Labute approximate surface area is 119 Å². The lowest BCUT2D eigenvalue weighted by Crippen LogP contribution is -2.54. The van der Waals surface area contributed by atoms with Gasteiger partial charge in [-0.1, -0.05) is 18.2 Å². The van der Waals surface area contributed by atoms with Crippen LogP contribution in [0, 0.1) is 5.82 Å². The zero-order chi connectivity index (χ0) is 15.0. The lowest BCUT2D eigenvalue weighted by Gasteiger charge is -2.41. The van der Waals surface area contributed by atoms with Gasteiger partial charge >= 0.3 is 0 Å². The zero-order valence-electron chi connectivity index (χ0n) is 11.8. The Morgan fingerprint density at radius 3 is 2.60 bits per heavy atom. The Balaban J connectivity index is 2.30. The van der Waals surface area contributed by atoms with Gasteiger partial charge in [-0.3, -0.25) is 4.90 Å². The molecular weight excluding hydrogens is 279 g/mol. The largest absolute Gasteiger partial charge is 0.329 e. The van der Waals surface area contributed by atoms with Crippen LogP contribution in [0.3, 0.4) is 0 Å². The van der Waals surface area contributed by atoms with Gasteiger partial charge in [-0.05, 0) is 26.5 Å². The molecule has 2 N–H and O–H groups in total. The van der Waals surface area contributed by atoms with Crippen LogP contribution in [0.25, 0.3) is 0 Å². The number of hydrogen-bond acceptors (Lipinski definition) is 4. The van der Waals surface area contributed by atoms with Gasteiger partial charge < -0.3 is 5.73 Å². The van der Waals surface area contributed by atoms with E-state index >= 15 is 0 Å². The Kier molecular flexibility index (Phi) is 4.18. The first-order chi connectivity index (χ1) is 9.31. The SMILES string of the molecule is CC(c1ccccc1F)N(C)C1(CN)CCS(=O)(=O)C1. The molecular formula is C14H21FN2O2S. The van der Waals surface area contributed by atoms with Gasteiger partial charge in [-0.2, -0.15) is 0 Å². The second kappa shape index (κ2) is 5.42. The van der Waals surface area contributed by atoms with Crippen LogP contribution in [0.4, 0.5) is 4.39 Å². The summed E-state index contributed by atoms with van der Waals surface area (Å²) in [5.74, 6) is -0.0792. The third-order valence-corrected chi connectivity index (χ3v) is 6.23. The van der Waals surface area contributed by atoms with Crippen molar-refractivity contribution in [3.05, 3.63) is 35.6 Å². The van der Waals surface area contributed by atoms with Crippen molar-refractivity contribution in [3.63, 3.8) is 0 Å². The van der Waals surface area contributed by atoms with Crippen LogP contribution in [0.5, 0.6) is 0 Å². The molecule has 20 heavy (non-hydrogen) atoms. The van der Waals surface area contributed by atoms with E-state index in [1.54, 1.807) is 18.2 Å². The highest BCUT2D eigenvalue weighted by Crippen LogP contribution is 2.34. The van der Waals surface area contributed by atoms with Crippen molar-refractivity contribution in [2.24, 2.45) is 5.73 Å². The van der Waals surface area contributed by atoms with Crippen molar-refractivity contribution in [2.45, 2.75) is 24.9 Å². The van der Waals surface area contributed by atoms with Crippen molar-refractivity contribution in [2.75, 3.05) is 25.1 Å². The molecule has 0 bridgehead atoms.